The van der Waals surface area contributed by atoms with E-state index in [9.17, 15) is 13.2 Å². The number of aryl methyl sites for hydroxylation is 1. The van der Waals surface area contributed by atoms with Crippen molar-refractivity contribution in [3.63, 3.8) is 0 Å². The van der Waals surface area contributed by atoms with Crippen molar-refractivity contribution in [3.05, 3.63) is 29.8 Å². The fraction of sp³-hybridized carbons (Fsp3) is 0.632. The molecule has 4 rings (SSSR count). The third-order valence-electron chi connectivity index (χ3n) is 5.50. The standard InChI is InChI=1S/C19H28N2O3S/c1-3-4-11-25(23,24)21-13-15-7-10-18(21)17(12-15)19(22)20-16-8-5-14(2)6-9-16/h5-6,8-9,15,17-18H,3-4,7,10-13H2,1-2H3,(H,20,22)/t15-,17+,18-/m0/s1. The van der Waals surface area contributed by atoms with Gasteiger partial charge in [-0.3, -0.25) is 4.79 Å². The van der Waals surface area contributed by atoms with Crippen LogP contribution < -0.4 is 5.32 Å². The van der Waals surface area contributed by atoms with E-state index in [0.29, 0.717) is 18.9 Å². The van der Waals surface area contributed by atoms with E-state index >= 15 is 0 Å². The second-order valence-corrected chi connectivity index (χ2v) is 9.49. The van der Waals surface area contributed by atoms with E-state index in [-0.39, 0.29) is 23.6 Å². The maximum Gasteiger partial charge on any atom is 0.229 e. The van der Waals surface area contributed by atoms with Crippen LogP contribution in [0.5, 0.6) is 0 Å². The van der Waals surface area contributed by atoms with Crippen LogP contribution in [0.3, 0.4) is 0 Å². The van der Waals surface area contributed by atoms with Crippen LogP contribution in [0.25, 0.3) is 0 Å². The van der Waals surface area contributed by atoms with Gasteiger partial charge >= 0.3 is 0 Å². The summed E-state index contributed by atoms with van der Waals surface area (Å²) in [7, 11) is -3.27. The lowest BCUT2D eigenvalue weighted by atomic mass is 9.73. The molecule has 2 saturated heterocycles. The summed E-state index contributed by atoms with van der Waals surface area (Å²) in [5.41, 5.74) is 1.92. The quantitative estimate of drug-likeness (QED) is 0.843. The first-order valence-electron chi connectivity index (χ1n) is 9.27. The number of nitrogens with zero attached hydrogens (tertiary/aromatic N) is 1. The van der Waals surface area contributed by atoms with Crippen molar-refractivity contribution in [2.24, 2.45) is 11.8 Å². The van der Waals surface area contributed by atoms with Crippen molar-refractivity contribution in [1.29, 1.82) is 0 Å². The highest BCUT2D eigenvalue weighted by Gasteiger charge is 2.47. The van der Waals surface area contributed by atoms with Crippen LogP contribution in [0.4, 0.5) is 5.69 Å². The molecule has 138 valence electrons. The molecule has 1 aliphatic carbocycles. The zero-order chi connectivity index (χ0) is 18.0. The van der Waals surface area contributed by atoms with E-state index < -0.39 is 10.0 Å². The van der Waals surface area contributed by atoms with Crippen molar-refractivity contribution in [1.82, 2.24) is 4.31 Å². The number of piperidine rings is 2. The summed E-state index contributed by atoms with van der Waals surface area (Å²) in [5.74, 6) is 0.202. The van der Waals surface area contributed by atoms with E-state index in [4.69, 9.17) is 0 Å². The number of amides is 1. The lowest BCUT2D eigenvalue weighted by molar-refractivity contribution is -0.125. The third kappa shape index (κ3) is 4.06. The van der Waals surface area contributed by atoms with Crippen LogP contribution in [0, 0.1) is 18.8 Å². The minimum absolute atomic E-state index is 0.0473. The van der Waals surface area contributed by atoms with E-state index in [1.165, 1.54) is 0 Å². The number of anilines is 1. The molecule has 0 spiro atoms. The Morgan fingerprint density at radius 1 is 1.24 bits per heavy atom. The SMILES string of the molecule is CCCCS(=O)(=O)N1C[C@H]2CC[C@H]1[C@H](C(=O)Nc1ccc(C)cc1)C2. The zero-order valence-electron chi connectivity index (χ0n) is 15.1. The van der Waals surface area contributed by atoms with Crippen molar-refractivity contribution in [3.8, 4) is 0 Å². The number of hydrogen-bond acceptors (Lipinski definition) is 3. The molecule has 25 heavy (non-hydrogen) atoms. The molecule has 2 aliphatic heterocycles. The van der Waals surface area contributed by atoms with Gasteiger partial charge in [0.05, 0.1) is 11.7 Å². The zero-order valence-corrected chi connectivity index (χ0v) is 15.9. The Bertz CT molecular complexity index is 715. The van der Waals surface area contributed by atoms with Gasteiger partial charge in [-0.15, -0.1) is 0 Å². The molecule has 1 aromatic carbocycles. The number of fused-ring (bicyclic) bond motifs is 3. The van der Waals surface area contributed by atoms with Crippen LogP contribution in [0.1, 0.15) is 44.6 Å². The van der Waals surface area contributed by atoms with Crippen molar-refractivity contribution in [2.75, 3.05) is 17.6 Å². The molecular weight excluding hydrogens is 336 g/mol. The molecule has 2 heterocycles. The van der Waals surface area contributed by atoms with E-state index in [1.807, 2.05) is 38.1 Å². The summed E-state index contributed by atoms with van der Waals surface area (Å²) in [6.45, 7) is 4.59. The lowest BCUT2D eigenvalue weighted by Gasteiger charge is -2.48. The topological polar surface area (TPSA) is 66.5 Å². The molecule has 2 bridgehead atoms. The van der Waals surface area contributed by atoms with Crippen LogP contribution in [0.2, 0.25) is 0 Å². The molecule has 0 aromatic heterocycles. The molecule has 1 N–H and O–H groups in total. The van der Waals surface area contributed by atoms with Crippen LogP contribution in [-0.2, 0) is 14.8 Å². The summed E-state index contributed by atoms with van der Waals surface area (Å²) in [6, 6.07) is 7.53. The second kappa shape index (κ2) is 7.46. The molecule has 1 amide bonds. The maximum absolute atomic E-state index is 12.8. The molecule has 0 unspecified atom stereocenters. The van der Waals surface area contributed by atoms with Crippen molar-refractivity contribution >= 4 is 21.6 Å². The number of sulfonamides is 1. The summed E-state index contributed by atoms with van der Waals surface area (Å²) >= 11 is 0. The first-order chi connectivity index (χ1) is 11.9. The van der Waals surface area contributed by atoms with E-state index in [2.05, 4.69) is 5.32 Å². The number of hydrogen-bond donors (Lipinski definition) is 1. The fourth-order valence-electron chi connectivity index (χ4n) is 4.06. The smallest absolute Gasteiger partial charge is 0.229 e. The number of carbonyl (C=O) groups excluding carboxylic acids is 1. The summed E-state index contributed by atoms with van der Waals surface area (Å²) in [5, 5.41) is 2.98. The molecule has 3 atom stereocenters. The number of unbranched alkanes of at least 4 members (excludes halogenated alkanes) is 1. The van der Waals surface area contributed by atoms with Gasteiger partial charge in [0.25, 0.3) is 0 Å². The molecular formula is C19H28N2O3S. The Labute approximate surface area is 150 Å². The average molecular weight is 365 g/mol. The monoisotopic (exact) mass is 364 g/mol. The average Bonchev–Trinajstić information content (AvgIpc) is 2.62. The third-order valence-corrected chi connectivity index (χ3v) is 7.44. The molecule has 5 nitrogen and oxygen atoms in total. The Morgan fingerprint density at radius 3 is 2.60 bits per heavy atom. The first-order valence-corrected chi connectivity index (χ1v) is 10.9. The number of carbonyl (C=O) groups is 1. The van der Waals surface area contributed by atoms with Gasteiger partial charge in [-0.1, -0.05) is 31.0 Å². The summed E-state index contributed by atoms with van der Waals surface area (Å²) in [6.07, 6.45) is 4.15. The predicted molar refractivity (Wildman–Crippen MR) is 99.8 cm³/mol. The molecule has 0 radical (unpaired) electrons. The fourth-order valence-corrected chi connectivity index (χ4v) is 6.05. The number of nitrogens with one attached hydrogen (secondary N) is 1. The highest BCUT2D eigenvalue weighted by molar-refractivity contribution is 7.89. The van der Waals surface area contributed by atoms with Gasteiger partial charge in [-0.2, -0.15) is 4.31 Å². The number of benzene rings is 1. The second-order valence-electron chi connectivity index (χ2n) is 7.45. The van der Waals surface area contributed by atoms with Crippen molar-refractivity contribution in [2.45, 2.75) is 52.0 Å². The van der Waals surface area contributed by atoms with Gasteiger partial charge in [0.15, 0.2) is 0 Å². The van der Waals surface area contributed by atoms with Crippen molar-refractivity contribution < 1.29 is 13.2 Å². The van der Waals surface area contributed by atoms with E-state index in [1.54, 1.807) is 4.31 Å². The Morgan fingerprint density at radius 2 is 1.96 bits per heavy atom. The maximum atomic E-state index is 12.8. The van der Waals surface area contributed by atoms with Crippen LogP contribution >= 0.6 is 0 Å². The predicted octanol–water partition coefficient (Wildman–Crippen LogP) is 3.16. The minimum Gasteiger partial charge on any atom is -0.326 e. The van der Waals surface area contributed by atoms with Gasteiger partial charge in [0.2, 0.25) is 15.9 Å². The van der Waals surface area contributed by atoms with Gasteiger partial charge in [0, 0.05) is 18.3 Å². The molecule has 3 aliphatic rings. The Hall–Kier alpha value is -1.40. The summed E-state index contributed by atoms with van der Waals surface area (Å²) in [4.78, 5) is 12.8. The molecule has 1 aromatic rings. The minimum atomic E-state index is -3.27. The Balaban J connectivity index is 1.73. The summed E-state index contributed by atoms with van der Waals surface area (Å²) < 4.78 is 27.0. The lowest BCUT2D eigenvalue weighted by Crippen LogP contribution is -2.58. The first kappa shape index (κ1) is 18.4. The van der Waals surface area contributed by atoms with Gasteiger partial charge in [0.1, 0.15) is 0 Å². The van der Waals surface area contributed by atoms with Gasteiger partial charge < -0.3 is 5.32 Å². The van der Waals surface area contributed by atoms with Crippen LogP contribution in [-0.4, -0.2) is 37.0 Å². The highest BCUT2D eigenvalue weighted by Crippen LogP contribution is 2.41. The van der Waals surface area contributed by atoms with E-state index in [0.717, 1.165) is 36.9 Å². The largest absolute Gasteiger partial charge is 0.326 e. The highest BCUT2D eigenvalue weighted by atomic mass is 32.2. The number of rotatable bonds is 6. The molecule has 3 fully saturated rings. The van der Waals surface area contributed by atoms with Gasteiger partial charge in [-0.25, -0.2) is 8.42 Å². The molecule has 1 saturated carbocycles. The van der Waals surface area contributed by atoms with Gasteiger partial charge in [-0.05, 0) is 50.7 Å². The molecule has 6 heteroatoms. The Kier molecular flexibility index (Phi) is 5.49. The normalized spacial score (nSPS) is 26.6. The van der Waals surface area contributed by atoms with Crippen LogP contribution in [0.15, 0.2) is 24.3 Å².